The molecule has 60 valence electrons. The molecule has 1 rings (SSSR count). The molecule has 0 aromatic heterocycles. The standard InChI is InChI=1S/C7H4BrFI2/c8-3-4-1-7(11)5(9)2-6(4)10/h1-2H,3H2. The van der Waals surface area contributed by atoms with Crippen molar-refractivity contribution in [3.63, 3.8) is 0 Å². The summed E-state index contributed by atoms with van der Waals surface area (Å²) in [7, 11) is 0. The van der Waals surface area contributed by atoms with E-state index in [0.29, 0.717) is 3.57 Å². The first-order valence-corrected chi connectivity index (χ1v) is 6.12. The quantitative estimate of drug-likeness (QED) is 0.353. The average Bonchev–Trinajstić information content (AvgIpc) is 1.97. The highest BCUT2D eigenvalue weighted by Gasteiger charge is 2.04. The molecule has 0 aliphatic carbocycles. The maximum absolute atomic E-state index is 12.9. The van der Waals surface area contributed by atoms with Crippen molar-refractivity contribution >= 4 is 61.1 Å². The van der Waals surface area contributed by atoms with Crippen molar-refractivity contribution in [1.29, 1.82) is 0 Å². The van der Waals surface area contributed by atoms with Gasteiger partial charge in [-0.05, 0) is 62.9 Å². The molecule has 11 heavy (non-hydrogen) atoms. The van der Waals surface area contributed by atoms with Gasteiger partial charge in [0.2, 0.25) is 0 Å². The number of hydrogen-bond donors (Lipinski definition) is 0. The minimum absolute atomic E-state index is 0.139. The zero-order valence-electron chi connectivity index (χ0n) is 5.37. The molecule has 0 spiro atoms. The van der Waals surface area contributed by atoms with Gasteiger partial charge in [0, 0.05) is 12.5 Å². The molecule has 0 saturated carbocycles. The highest BCUT2D eigenvalue weighted by Crippen LogP contribution is 2.21. The molecule has 0 nitrogen and oxygen atoms in total. The van der Waals surface area contributed by atoms with E-state index in [0.717, 1.165) is 14.5 Å². The van der Waals surface area contributed by atoms with Crippen molar-refractivity contribution in [1.82, 2.24) is 0 Å². The topological polar surface area (TPSA) is 0 Å². The van der Waals surface area contributed by atoms with Crippen LogP contribution in [0.4, 0.5) is 4.39 Å². The summed E-state index contributed by atoms with van der Waals surface area (Å²) in [4.78, 5) is 0. The van der Waals surface area contributed by atoms with Crippen LogP contribution in [-0.2, 0) is 5.33 Å². The van der Waals surface area contributed by atoms with Crippen molar-refractivity contribution in [2.75, 3.05) is 0 Å². The Bertz CT molecular complexity index is 275. The molecular weight excluding hydrogens is 437 g/mol. The van der Waals surface area contributed by atoms with E-state index in [-0.39, 0.29) is 5.82 Å². The number of hydrogen-bond acceptors (Lipinski definition) is 0. The monoisotopic (exact) mass is 440 g/mol. The minimum Gasteiger partial charge on any atom is -0.206 e. The maximum atomic E-state index is 12.9. The van der Waals surface area contributed by atoms with Gasteiger partial charge in [-0.1, -0.05) is 15.9 Å². The van der Waals surface area contributed by atoms with Crippen molar-refractivity contribution in [2.45, 2.75) is 5.33 Å². The van der Waals surface area contributed by atoms with E-state index in [1.165, 1.54) is 0 Å². The average molecular weight is 441 g/mol. The molecule has 0 aliphatic rings. The summed E-state index contributed by atoms with van der Waals surface area (Å²) in [5.41, 5.74) is 1.14. The molecule has 0 N–H and O–H groups in total. The second kappa shape index (κ2) is 4.36. The fraction of sp³-hybridized carbons (Fsp3) is 0.143. The summed E-state index contributed by atoms with van der Waals surface area (Å²) >= 11 is 7.46. The van der Waals surface area contributed by atoms with E-state index in [1.54, 1.807) is 6.07 Å². The third-order valence-corrected chi connectivity index (χ3v) is 3.67. The normalized spacial score (nSPS) is 10.2. The number of halogens is 4. The van der Waals surface area contributed by atoms with Crippen LogP contribution in [0.1, 0.15) is 5.56 Å². The lowest BCUT2D eigenvalue weighted by Crippen LogP contribution is -1.89. The summed E-state index contributed by atoms with van der Waals surface area (Å²) in [6.07, 6.45) is 0. The van der Waals surface area contributed by atoms with Gasteiger partial charge in [-0.2, -0.15) is 0 Å². The van der Waals surface area contributed by atoms with Gasteiger partial charge in [-0.15, -0.1) is 0 Å². The zero-order valence-corrected chi connectivity index (χ0v) is 11.3. The van der Waals surface area contributed by atoms with Gasteiger partial charge in [0.1, 0.15) is 5.82 Å². The molecule has 1 aromatic carbocycles. The Balaban J connectivity index is 3.21. The third kappa shape index (κ3) is 2.51. The summed E-state index contributed by atoms with van der Waals surface area (Å²) in [5.74, 6) is -0.139. The highest BCUT2D eigenvalue weighted by atomic mass is 127. The fourth-order valence-corrected chi connectivity index (χ4v) is 2.81. The Labute approximate surface area is 100 Å². The van der Waals surface area contributed by atoms with Crippen LogP contribution in [0.5, 0.6) is 0 Å². The Morgan fingerprint density at radius 1 is 1.27 bits per heavy atom. The van der Waals surface area contributed by atoms with Crippen molar-refractivity contribution < 1.29 is 4.39 Å². The number of benzene rings is 1. The lowest BCUT2D eigenvalue weighted by Gasteiger charge is -2.01. The second-order valence-electron chi connectivity index (χ2n) is 1.99. The van der Waals surface area contributed by atoms with Crippen molar-refractivity contribution in [3.8, 4) is 0 Å². The van der Waals surface area contributed by atoms with Gasteiger partial charge < -0.3 is 0 Å². The van der Waals surface area contributed by atoms with Gasteiger partial charge in [0.25, 0.3) is 0 Å². The predicted molar refractivity (Wildman–Crippen MR) is 64.5 cm³/mol. The van der Waals surface area contributed by atoms with E-state index in [9.17, 15) is 4.39 Å². The van der Waals surface area contributed by atoms with Gasteiger partial charge in [0.15, 0.2) is 0 Å². The van der Waals surface area contributed by atoms with E-state index >= 15 is 0 Å². The smallest absolute Gasteiger partial charge is 0.137 e. The van der Waals surface area contributed by atoms with Crippen LogP contribution in [0, 0.1) is 13.0 Å². The van der Waals surface area contributed by atoms with Crippen molar-refractivity contribution in [3.05, 3.63) is 30.7 Å². The third-order valence-electron chi connectivity index (χ3n) is 1.23. The molecule has 0 heterocycles. The van der Waals surface area contributed by atoms with Crippen LogP contribution in [0.2, 0.25) is 0 Å². The highest BCUT2D eigenvalue weighted by molar-refractivity contribution is 14.1. The molecule has 4 heteroatoms. The Kier molecular flexibility index (Phi) is 4.03. The Morgan fingerprint density at radius 3 is 2.45 bits per heavy atom. The molecule has 0 fully saturated rings. The van der Waals surface area contributed by atoms with Crippen LogP contribution in [0.15, 0.2) is 12.1 Å². The zero-order chi connectivity index (χ0) is 8.43. The first-order valence-electron chi connectivity index (χ1n) is 2.84. The van der Waals surface area contributed by atoms with Gasteiger partial charge >= 0.3 is 0 Å². The van der Waals surface area contributed by atoms with Crippen LogP contribution < -0.4 is 0 Å². The lowest BCUT2D eigenvalue weighted by atomic mass is 10.2. The molecule has 0 atom stereocenters. The molecule has 0 bridgehead atoms. The van der Waals surface area contributed by atoms with Crippen LogP contribution >= 0.6 is 61.1 Å². The van der Waals surface area contributed by atoms with Crippen molar-refractivity contribution in [2.24, 2.45) is 0 Å². The van der Waals surface area contributed by atoms with Gasteiger partial charge in [0.05, 0.1) is 0 Å². The van der Waals surface area contributed by atoms with Crippen LogP contribution in [-0.4, -0.2) is 0 Å². The molecule has 0 radical (unpaired) electrons. The Hall–Kier alpha value is 1.09. The van der Waals surface area contributed by atoms with Gasteiger partial charge in [-0.3, -0.25) is 0 Å². The largest absolute Gasteiger partial charge is 0.206 e. The summed E-state index contributed by atoms with van der Waals surface area (Å²) in [6, 6.07) is 3.41. The minimum atomic E-state index is -0.139. The predicted octanol–water partition coefficient (Wildman–Crippen LogP) is 3.93. The molecule has 0 aliphatic heterocycles. The lowest BCUT2D eigenvalue weighted by molar-refractivity contribution is 0.618. The first-order chi connectivity index (χ1) is 5.15. The summed E-state index contributed by atoms with van der Waals surface area (Å²) < 4.78 is 14.5. The first kappa shape index (κ1) is 10.2. The van der Waals surface area contributed by atoms with Gasteiger partial charge in [-0.25, -0.2) is 4.39 Å². The SMILES string of the molecule is Fc1cc(I)c(CBr)cc1I. The molecule has 0 amide bonds. The molecule has 1 aromatic rings. The maximum Gasteiger partial charge on any atom is 0.137 e. The number of rotatable bonds is 1. The summed E-state index contributed by atoms with van der Waals surface area (Å²) in [6.45, 7) is 0. The van der Waals surface area contributed by atoms with E-state index in [4.69, 9.17) is 0 Å². The van der Waals surface area contributed by atoms with E-state index < -0.39 is 0 Å². The van der Waals surface area contributed by atoms with Crippen LogP contribution in [0.3, 0.4) is 0 Å². The second-order valence-corrected chi connectivity index (χ2v) is 4.88. The van der Waals surface area contributed by atoms with E-state index in [1.807, 2.05) is 28.7 Å². The number of alkyl halides is 1. The molecule has 0 unspecified atom stereocenters. The Morgan fingerprint density at radius 2 is 1.91 bits per heavy atom. The van der Waals surface area contributed by atoms with E-state index in [2.05, 4.69) is 38.5 Å². The molecular formula is C7H4BrFI2. The fourth-order valence-electron chi connectivity index (χ4n) is 0.666. The van der Waals surface area contributed by atoms with Crippen LogP contribution in [0.25, 0.3) is 0 Å². The molecule has 0 saturated heterocycles. The summed E-state index contributed by atoms with van der Waals surface area (Å²) in [5, 5.41) is 0.779.